The van der Waals surface area contributed by atoms with Crippen LogP contribution < -0.4 is 15.4 Å². The van der Waals surface area contributed by atoms with Crippen LogP contribution in [0.3, 0.4) is 0 Å². The van der Waals surface area contributed by atoms with E-state index in [4.69, 9.17) is 4.74 Å². The first-order valence-corrected chi connectivity index (χ1v) is 8.99. The first kappa shape index (κ1) is 19.2. The van der Waals surface area contributed by atoms with Crippen molar-refractivity contribution in [2.45, 2.75) is 13.1 Å². The molecule has 0 spiro atoms. The Morgan fingerprint density at radius 3 is 1.82 bits per heavy atom. The molecule has 142 valence electrons. The van der Waals surface area contributed by atoms with Crippen LogP contribution in [-0.2, 0) is 13.1 Å². The van der Waals surface area contributed by atoms with Crippen LogP contribution in [0, 0.1) is 0 Å². The summed E-state index contributed by atoms with van der Waals surface area (Å²) in [4.78, 5) is 25.1. The molecule has 2 N–H and O–H groups in total. The molecule has 0 radical (unpaired) electrons. The number of amides is 2. The van der Waals surface area contributed by atoms with E-state index in [1.54, 1.807) is 18.2 Å². The molecule has 0 atom stereocenters. The first-order valence-electron chi connectivity index (χ1n) is 8.99. The third-order valence-electron chi connectivity index (χ3n) is 4.30. The van der Waals surface area contributed by atoms with E-state index in [0.717, 1.165) is 11.1 Å². The Balaban J connectivity index is 1.70. The maximum Gasteiger partial charge on any atom is 0.255 e. The highest BCUT2D eigenvalue weighted by molar-refractivity contribution is 6.01. The molecule has 0 heterocycles. The standard InChI is InChI=1S/C23H22N2O3/c1-28-21-13-12-19(22(26)24-15-17-8-4-2-5-9-17)14-20(21)23(27)25-16-18-10-6-3-7-11-18/h2-14H,15-16H2,1H3,(H,24,26)(H,25,27). The van der Waals surface area contributed by atoms with Gasteiger partial charge < -0.3 is 15.4 Å². The minimum atomic E-state index is -0.293. The second kappa shape index (κ2) is 9.37. The molecule has 28 heavy (non-hydrogen) atoms. The maximum atomic E-state index is 12.6. The van der Waals surface area contributed by atoms with Crippen molar-refractivity contribution in [1.29, 1.82) is 0 Å². The van der Waals surface area contributed by atoms with Gasteiger partial charge >= 0.3 is 0 Å². The highest BCUT2D eigenvalue weighted by atomic mass is 16.5. The number of methoxy groups -OCH3 is 1. The zero-order valence-electron chi connectivity index (χ0n) is 15.6. The van der Waals surface area contributed by atoms with Gasteiger partial charge in [-0.3, -0.25) is 9.59 Å². The van der Waals surface area contributed by atoms with Crippen molar-refractivity contribution in [2.24, 2.45) is 0 Å². The highest BCUT2D eigenvalue weighted by Gasteiger charge is 2.16. The lowest BCUT2D eigenvalue weighted by molar-refractivity contribution is 0.0948. The fourth-order valence-electron chi connectivity index (χ4n) is 2.78. The van der Waals surface area contributed by atoms with E-state index in [0.29, 0.717) is 30.0 Å². The predicted octanol–water partition coefficient (Wildman–Crippen LogP) is 3.56. The van der Waals surface area contributed by atoms with Gasteiger partial charge in [-0.1, -0.05) is 60.7 Å². The maximum absolute atomic E-state index is 12.6. The molecule has 0 unspecified atom stereocenters. The van der Waals surface area contributed by atoms with Gasteiger partial charge in [-0.25, -0.2) is 0 Å². The minimum Gasteiger partial charge on any atom is -0.496 e. The Kier molecular flexibility index (Phi) is 6.41. The van der Waals surface area contributed by atoms with Crippen LogP contribution in [-0.4, -0.2) is 18.9 Å². The molecule has 0 aliphatic heterocycles. The SMILES string of the molecule is COc1ccc(C(=O)NCc2ccccc2)cc1C(=O)NCc1ccccc1. The third-order valence-corrected chi connectivity index (χ3v) is 4.30. The van der Waals surface area contributed by atoms with Crippen LogP contribution in [0.4, 0.5) is 0 Å². The molecular formula is C23H22N2O3. The van der Waals surface area contributed by atoms with Gasteiger partial charge in [-0.2, -0.15) is 0 Å². The van der Waals surface area contributed by atoms with Gasteiger partial charge in [0.05, 0.1) is 12.7 Å². The molecular weight excluding hydrogens is 352 g/mol. The Morgan fingerprint density at radius 2 is 1.29 bits per heavy atom. The average molecular weight is 374 g/mol. The lowest BCUT2D eigenvalue weighted by Gasteiger charge is -2.12. The van der Waals surface area contributed by atoms with E-state index in [1.165, 1.54) is 7.11 Å². The molecule has 0 aliphatic carbocycles. The lowest BCUT2D eigenvalue weighted by Crippen LogP contribution is -2.25. The first-order chi connectivity index (χ1) is 13.7. The second-order valence-electron chi connectivity index (χ2n) is 6.25. The number of nitrogens with one attached hydrogen (secondary N) is 2. The van der Waals surface area contributed by atoms with Crippen LogP contribution in [0.25, 0.3) is 0 Å². The van der Waals surface area contributed by atoms with E-state index < -0.39 is 0 Å². The molecule has 0 aliphatic rings. The summed E-state index contributed by atoms with van der Waals surface area (Å²) in [6.07, 6.45) is 0. The number of hydrogen-bond acceptors (Lipinski definition) is 3. The lowest BCUT2D eigenvalue weighted by atomic mass is 10.1. The zero-order chi connectivity index (χ0) is 19.8. The summed E-state index contributed by atoms with van der Waals surface area (Å²) in [6, 6.07) is 24.1. The second-order valence-corrected chi connectivity index (χ2v) is 6.25. The van der Waals surface area contributed by atoms with Crippen LogP contribution in [0.2, 0.25) is 0 Å². The van der Waals surface area contributed by atoms with Gasteiger partial charge in [0.1, 0.15) is 5.75 Å². The molecule has 0 saturated carbocycles. The Hall–Kier alpha value is -3.60. The Bertz CT molecular complexity index is 941. The van der Waals surface area contributed by atoms with Crippen LogP contribution in [0.15, 0.2) is 78.9 Å². The number of hydrogen-bond donors (Lipinski definition) is 2. The van der Waals surface area contributed by atoms with Crippen LogP contribution in [0.1, 0.15) is 31.8 Å². The number of carbonyl (C=O) groups excluding carboxylic acids is 2. The van der Waals surface area contributed by atoms with Crippen LogP contribution >= 0.6 is 0 Å². The van der Waals surface area contributed by atoms with E-state index in [1.807, 2.05) is 60.7 Å². The van der Waals surface area contributed by atoms with Crippen molar-refractivity contribution < 1.29 is 14.3 Å². The summed E-state index contributed by atoms with van der Waals surface area (Å²) in [6.45, 7) is 0.814. The van der Waals surface area contributed by atoms with Gasteiger partial charge in [-0.05, 0) is 29.3 Å². The normalized spacial score (nSPS) is 10.2. The molecule has 0 fully saturated rings. The van der Waals surface area contributed by atoms with Crippen molar-refractivity contribution in [2.75, 3.05) is 7.11 Å². The van der Waals surface area contributed by atoms with Gasteiger partial charge in [0.25, 0.3) is 11.8 Å². The van der Waals surface area contributed by atoms with E-state index in [9.17, 15) is 9.59 Å². The van der Waals surface area contributed by atoms with Gasteiger partial charge in [0.15, 0.2) is 0 Å². The van der Waals surface area contributed by atoms with Crippen LogP contribution in [0.5, 0.6) is 5.75 Å². The average Bonchev–Trinajstić information content (AvgIpc) is 2.76. The molecule has 0 bridgehead atoms. The van der Waals surface area contributed by atoms with Gasteiger partial charge in [-0.15, -0.1) is 0 Å². The number of carbonyl (C=O) groups is 2. The van der Waals surface area contributed by atoms with E-state index >= 15 is 0 Å². The Labute approximate surface area is 164 Å². The monoisotopic (exact) mass is 374 g/mol. The summed E-state index contributed by atoms with van der Waals surface area (Å²) >= 11 is 0. The Morgan fingerprint density at radius 1 is 0.750 bits per heavy atom. The number of rotatable bonds is 7. The summed E-state index contributed by atoms with van der Waals surface area (Å²) in [5.74, 6) is -0.118. The number of benzene rings is 3. The quantitative estimate of drug-likeness (QED) is 0.665. The van der Waals surface area contributed by atoms with E-state index in [2.05, 4.69) is 10.6 Å². The van der Waals surface area contributed by atoms with Crippen molar-refractivity contribution in [3.05, 3.63) is 101 Å². The predicted molar refractivity (Wildman–Crippen MR) is 108 cm³/mol. The minimum absolute atomic E-state index is 0.247. The largest absolute Gasteiger partial charge is 0.496 e. The fraction of sp³-hybridized carbons (Fsp3) is 0.130. The van der Waals surface area contributed by atoms with Gasteiger partial charge in [0.2, 0.25) is 0 Å². The summed E-state index contributed by atoms with van der Waals surface area (Å²) in [5.41, 5.74) is 2.73. The summed E-state index contributed by atoms with van der Waals surface area (Å²) in [5, 5.41) is 5.73. The molecule has 2 amide bonds. The van der Waals surface area contributed by atoms with Gasteiger partial charge in [0, 0.05) is 18.7 Å². The molecule has 3 aromatic carbocycles. The topological polar surface area (TPSA) is 67.4 Å². The van der Waals surface area contributed by atoms with Crippen molar-refractivity contribution in [1.82, 2.24) is 10.6 Å². The van der Waals surface area contributed by atoms with Crippen molar-refractivity contribution >= 4 is 11.8 Å². The van der Waals surface area contributed by atoms with E-state index in [-0.39, 0.29) is 11.8 Å². The fourth-order valence-corrected chi connectivity index (χ4v) is 2.78. The van der Waals surface area contributed by atoms with Crippen molar-refractivity contribution in [3.63, 3.8) is 0 Å². The molecule has 0 aromatic heterocycles. The molecule has 3 rings (SSSR count). The molecule has 3 aromatic rings. The van der Waals surface area contributed by atoms with Crippen molar-refractivity contribution in [3.8, 4) is 5.75 Å². The zero-order valence-corrected chi connectivity index (χ0v) is 15.6. The number of ether oxygens (including phenoxy) is 1. The molecule has 0 saturated heterocycles. The molecule has 5 heteroatoms. The smallest absolute Gasteiger partial charge is 0.255 e. The third kappa shape index (κ3) is 4.98. The molecule has 5 nitrogen and oxygen atoms in total. The summed E-state index contributed by atoms with van der Waals surface area (Å²) < 4.78 is 5.29. The summed E-state index contributed by atoms with van der Waals surface area (Å²) in [7, 11) is 1.50. The highest BCUT2D eigenvalue weighted by Crippen LogP contribution is 2.20.